The SMILES string of the molecule is CCCCCCCCC/C=C/CC/C=C/CC/C=C/C(O)C(COC1OC(CO)C(OC2OC(CO)C(OC3OC(CO)C(O)C(O)C3O)C(O)C2O)C(O)C1O)NC(=O)CCCCCCCCCCCCCCCCCCCCCCC. The van der Waals surface area contributed by atoms with Crippen LogP contribution in [-0.4, -0.2) is 193 Å². The molecule has 3 fully saturated rings. The van der Waals surface area contributed by atoms with Gasteiger partial charge in [0, 0.05) is 6.42 Å². The molecule has 0 aromatic carbocycles. The van der Waals surface area contributed by atoms with Crippen LogP contribution in [0.15, 0.2) is 36.5 Å². The van der Waals surface area contributed by atoms with Gasteiger partial charge >= 0.3 is 0 Å². The number of ether oxygens (including phenoxy) is 6. The minimum atomic E-state index is -1.98. The number of aliphatic hydroxyl groups excluding tert-OH is 11. The number of carbonyl (C=O) groups excluding carboxylic acids is 1. The van der Waals surface area contributed by atoms with E-state index in [2.05, 4.69) is 43.5 Å². The fraction of sp³-hybridized carbons (Fsp3) is 0.891. The Morgan fingerprint density at radius 1 is 0.422 bits per heavy atom. The molecular formula is C64H117NO18. The Hall–Kier alpha value is -1.99. The lowest BCUT2D eigenvalue weighted by atomic mass is 9.96. The number of unbranched alkanes of at least 4 members (excludes halogenated alkanes) is 29. The molecule has 3 rings (SSSR count). The number of amides is 1. The van der Waals surface area contributed by atoms with E-state index in [0.29, 0.717) is 12.8 Å². The molecule has 3 saturated heterocycles. The second kappa shape index (κ2) is 47.1. The highest BCUT2D eigenvalue weighted by atomic mass is 16.8. The van der Waals surface area contributed by atoms with Crippen molar-refractivity contribution in [3.8, 4) is 0 Å². The zero-order chi connectivity index (χ0) is 60.5. The van der Waals surface area contributed by atoms with E-state index < -0.39 is 124 Å². The van der Waals surface area contributed by atoms with E-state index >= 15 is 0 Å². The van der Waals surface area contributed by atoms with Gasteiger partial charge in [-0.05, 0) is 44.9 Å². The summed E-state index contributed by atoms with van der Waals surface area (Å²) in [7, 11) is 0. The van der Waals surface area contributed by atoms with Crippen LogP contribution in [0.1, 0.15) is 232 Å². The zero-order valence-electron chi connectivity index (χ0n) is 50.9. The molecular weight excluding hydrogens is 1070 g/mol. The molecule has 17 unspecified atom stereocenters. The van der Waals surface area contributed by atoms with Gasteiger partial charge in [0.1, 0.15) is 73.2 Å². The molecule has 0 aromatic rings. The lowest BCUT2D eigenvalue weighted by molar-refractivity contribution is -0.379. The van der Waals surface area contributed by atoms with Crippen molar-refractivity contribution in [3.63, 3.8) is 0 Å². The molecule has 3 heterocycles. The monoisotopic (exact) mass is 1190 g/mol. The van der Waals surface area contributed by atoms with Gasteiger partial charge in [-0.25, -0.2) is 0 Å². The lowest BCUT2D eigenvalue weighted by Gasteiger charge is -2.48. The van der Waals surface area contributed by atoms with Gasteiger partial charge in [0.25, 0.3) is 0 Å². The summed E-state index contributed by atoms with van der Waals surface area (Å²) in [6.45, 7) is 1.71. The van der Waals surface area contributed by atoms with Gasteiger partial charge in [0.15, 0.2) is 18.9 Å². The Morgan fingerprint density at radius 3 is 1.20 bits per heavy atom. The molecule has 12 N–H and O–H groups in total. The molecule has 83 heavy (non-hydrogen) atoms. The highest BCUT2D eigenvalue weighted by molar-refractivity contribution is 5.76. The van der Waals surface area contributed by atoms with Crippen LogP contribution in [0.3, 0.4) is 0 Å². The van der Waals surface area contributed by atoms with Crippen molar-refractivity contribution in [1.82, 2.24) is 5.32 Å². The summed E-state index contributed by atoms with van der Waals surface area (Å²) in [5.41, 5.74) is 0. The number of rotatable bonds is 49. The maximum absolute atomic E-state index is 13.4. The average Bonchev–Trinajstić information content (AvgIpc) is 3.34. The molecule has 3 aliphatic rings. The summed E-state index contributed by atoms with van der Waals surface area (Å²) in [5.74, 6) is -0.287. The maximum atomic E-state index is 13.4. The summed E-state index contributed by atoms with van der Waals surface area (Å²) >= 11 is 0. The third-order valence-corrected chi connectivity index (χ3v) is 16.4. The van der Waals surface area contributed by atoms with Crippen molar-refractivity contribution in [2.24, 2.45) is 0 Å². The smallest absolute Gasteiger partial charge is 0.220 e. The van der Waals surface area contributed by atoms with Crippen molar-refractivity contribution < 1.29 is 89.4 Å². The Balaban J connectivity index is 1.48. The van der Waals surface area contributed by atoms with Gasteiger partial charge in [0.05, 0.1) is 38.6 Å². The molecule has 1 amide bonds. The Labute approximate surface area is 498 Å². The highest BCUT2D eigenvalue weighted by Gasteiger charge is 2.53. The summed E-state index contributed by atoms with van der Waals surface area (Å²) in [6.07, 6.45) is 25.5. The molecule has 0 spiro atoms. The van der Waals surface area contributed by atoms with Crippen LogP contribution in [0.25, 0.3) is 0 Å². The van der Waals surface area contributed by atoms with E-state index in [1.54, 1.807) is 6.08 Å². The van der Waals surface area contributed by atoms with Crippen LogP contribution in [0.2, 0.25) is 0 Å². The van der Waals surface area contributed by atoms with Crippen molar-refractivity contribution in [2.75, 3.05) is 26.4 Å². The molecule has 19 heteroatoms. The number of aliphatic hydroxyl groups is 11. The first-order valence-electron chi connectivity index (χ1n) is 32.7. The molecule has 0 bridgehead atoms. The Bertz CT molecular complexity index is 1660. The number of hydrogen-bond donors (Lipinski definition) is 12. The van der Waals surface area contributed by atoms with Crippen molar-refractivity contribution in [3.05, 3.63) is 36.5 Å². The Morgan fingerprint density at radius 2 is 0.771 bits per heavy atom. The summed E-state index contributed by atoms with van der Waals surface area (Å²) in [5, 5.41) is 120. The molecule has 17 atom stereocenters. The highest BCUT2D eigenvalue weighted by Crippen LogP contribution is 2.33. The summed E-state index contributed by atoms with van der Waals surface area (Å²) in [6, 6.07) is -0.993. The normalized spacial score (nSPS) is 29.6. The van der Waals surface area contributed by atoms with E-state index in [9.17, 15) is 61.0 Å². The third kappa shape index (κ3) is 30.2. The largest absolute Gasteiger partial charge is 0.394 e. The fourth-order valence-electron chi connectivity index (χ4n) is 11.0. The molecule has 0 aliphatic carbocycles. The van der Waals surface area contributed by atoms with Gasteiger partial charge in [-0.1, -0.05) is 217 Å². The van der Waals surface area contributed by atoms with Crippen molar-refractivity contribution in [1.29, 1.82) is 0 Å². The van der Waals surface area contributed by atoms with Crippen LogP contribution >= 0.6 is 0 Å². The minimum Gasteiger partial charge on any atom is -0.394 e. The topological polar surface area (TPSA) is 307 Å². The second-order valence-corrected chi connectivity index (χ2v) is 23.6. The molecule has 486 valence electrons. The minimum absolute atomic E-state index is 0.236. The lowest BCUT2D eigenvalue weighted by Crippen LogP contribution is -2.66. The van der Waals surface area contributed by atoms with Crippen LogP contribution in [-0.2, 0) is 33.2 Å². The third-order valence-electron chi connectivity index (χ3n) is 16.4. The standard InChI is InChI=1S/C64H117NO18/c1-3-5-7-9-11-13-15-17-19-21-22-23-24-26-28-30-32-34-36-38-40-42-52(70)65-47(48(69)41-39-37-35-33-31-29-27-25-20-18-16-14-12-10-8-6-4-2)46-78-62-58(76)55(73)60(50(44-67)80-62)83-64-59(77)56(74)61(51(45-68)81-64)82-63-57(75)54(72)53(71)49(43-66)79-63/h20,25,31,33,39,41,47-51,53-64,66-69,71-77H,3-19,21-24,26-30,32,34-38,40,42-46H2,1-2H3,(H,65,70)/b25-20+,33-31+,41-39+. The van der Waals surface area contributed by atoms with Gasteiger partial charge in [-0.3, -0.25) is 4.79 Å². The predicted octanol–water partition coefficient (Wildman–Crippen LogP) is 7.27. The van der Waals surface area contributed by atoms with Crippen LogP contribution in [0.5, 0.6) is 0 Å². The maximum Gasteiger partial charge on any atom is 0.220 e. The number of allylic oxidation sites excluding steroid dienone is 5. The van der Waals surface area contributed by atoms with Gasteiger partial charge in [0.2, 0.25) is 5.91 Å². The number of nitrogens with one attached hydrogen (secondary N) is 1. The number of carbonyl (C=O) groups is 1. The van der Waals surface area contributed by atoms with Gasteiger partial charge in [-0.2, -0.15) is 0 Å². The van der Waals surface area contributed by atoms with E-state index in [0.717, 1.165) is 44.9 Å². The quantitative estimate of drug-likeness (QED) is 0.0211. The zero-order valence-corrected chi connectivity index (χ0v) is 50.9. The van der Waals surface area contributed by atoms with Crippen molar-refractivity contribution in [2.45, 2.75) is 336 Å². The van der Waals surface area contributed by atoms with Gasteiger partial charge in [-0.15, -0.1) is 0 Å². The number of hydrogen-bond acceptors (Lipinski definition) is 18. The van der Waals surface area contributed by atoms with E-state index in [1.165, 1.54) is 154 Å². The summed E-state index contributed by atoms with van der Waals surface area (Å²) < 4.78 is 34.3. The molecule has 3 aliphatic heterocycles. The van der Waals surface area contributed by atoms with Crippen molar-refractivity contribution >= 4 is 5.91 Å². The Kier molecular flexibility index (Phi) is 42.7. The first kappa shape index (κ1) is 75.3. The van der Waals surface area contributed by atoms with Crippen LogP contribution < -0.4 is 5.32 Å². The van der Waals surface area contributed by atoms with E-state index in [-0.39, 0.29) is 18.9 Å². The van der Waals surface area contributed by atoms with E-state index in [1.807, 2.05) is 6.08 Å². The molecule has 0 saturated carbocycles. The molecule has 0 radical (unpaired) electrons. The second-order valence-electron chi connectivity index (χ2n) is 23.6. The van der Waals surface area contributed by atoms with Crippen LogP contribution in [0.4, 0.5) is 0 Å². The fourth-order valence-corrected chi connectivity index (χ4v) is 11.0. The first-order valence-corrected chi connectivity index (χ1v) is 32.7. The molecule has 19 nitrogen and oxygen atoms in total. The van der Waals surface area contributed by atoms with Crippen LogP contribution in [0, 0.1) is 0 Å². The first-order chi connectivity index (χ1) is 40.3. The van der Waals surface area contributed by atoms with Gasteiger partial charge < -0.3 is 89.9 Å². The summed E-state index contributed by atoms with van der Waals surface area (Å²) in [4.78, 5) is 13.4. The molecule has 0 aromatic heterocycles. The van der Waals surface area contributed by atoms with E-state index in [4.69, 9.17) is 28.4 Å². The average molecular weight is 1190 g/mol. The predicted molar refractivity (Wildman–Crippen MR) is 319 cm³/mol.